The van der Waals surface area contributed by atoms with Crippen molar-refractivity contribution in [3.05, 3.63) is 11.6 Å². The predicted octanol–water partition coefficient (Wildman–Crippen LogP) is 2.50. The highest BCUT2D eigenvalue weighted by Gasteiger charge is 2.70. The number of carbonyl (C=O) groups is 3. The van der Waals surface area contributed by atoms with E-state index in [1.165, 1.54) is 5.57 Å². The summed E-state index contributed by atoms with van der Waals surface area (Å²) in [6.45, 7) is 15.9. The van der Waals surface area contributed by atoms with E-state index in [1.807, 2.05) is 0 Å². The lowest BCUT2D eigenvalue weighted by atomic mass is 9.33. The lowest BCUT2D eigenvalue weighted by Crippen LogP contribution is -2.66. The van der Waals surface area contributed by atoms with Crippen LogP contribution in [0.3, 0.4) is 0 Å². The second-order valence-corrected chi connectivity index (χ2v) is 20.7. The van der Waals surface area contributed by atoms with Gasteiger partial charge in [-0.1, -0.05) is 60.1 Å². The van der Waals surface area contributed by atoms with Crippen molar-refractivity contribution in [2.75, 3.05) is 0 Å². The molecule has 57 heavy (non-hydrogen) atoms. The third-order valence-corrected chi connectivity index (χ3v) is 17.1. The Hall–Kier alpha value is -2.21. The fourth-order valence-electron chi connectivity index (χ4n) is 13.5. The molecule has 322 valence electrons. The van der Waals surface area contributed by atoms with Crippen LogP contribution < -0.4 is 0 Å². The highest BCUT2D eigenvalue weighted by Crippen LogP contribution is 2.76. The minimum atomic E-state index is -1.90. The van der Waals surface area contributed by atoms with E-state index >= 15 is 0 Å². The first-order valence-electron chi connectivity index (χ1n) is 20.8. The number of hydrogen-bond donors (Lipinski definition) is 8. The molecule has 0 aromatic carbocycles. The Morgan fingerprint density at radius 3 is 1.82 bits per heavy atom. The molecule has 7 rings (SSSR count). The molecule has 6 fully saturated rings. The molecule has 5 aliphatic carbocycles. The van der Waals surface area contributed by atoms with Crippen LogP contribution in [-0.2, 0) is 33.3 Å². The first-order chi connectivity index (χ1) is 26.4. The molecule has 0 amide bonds. The number of carboxylic acid groups (broad SMARTS) is 2. The number of carboxylic acids is 2. The Bertz CT molecular complexity index is 1650. The van der Waals surface area contributed by atoms with Gasteiger partial charge in [0.2, 0.25) is 6.29 Å². The smallest absolute Gasteiger partial charge is 0.335 e. The van der Waals surface area contributed by atoms with Crippen LogP contribution in [-0.4, -0.2) is 126 Å². The molecule has 15 nitrogen and oxygen atoms in total. The summed E-state index contributed by atoms with van der Waals surface area (Å²) in [5.74, 6) is -3.33. The molecule has 2 unspecified atom stereocenters. The van der Waals surface area contributed by atoms with Crippen LogP contribution in [0.15, 0.2) is 11.6 Å². The van der Waals surface area contributed by atoms with E-state index < -0.39 is 96.3 Å². The molecule has 8 N–H and O–H groups in total. The monoisotopic (exact) mass is 808 g/mol. The van der Waals surface area contributed by atoms with Gasteiger partial charge in [-0.15, -0.1) is 0 Å². The first kappa shape index (κ1) is 42.9. The number of aliphatic hydroxyl groups is 6. The summed E-state index contributed by atoms with van der Waals surface area (Å²) < 4.78 is 23.2. The molecule has 7 aliphatic rings. The molecule has 18 atom stereocenters. The van der Waals surface area contributed by atoms with Crippen molar-refractivity contribution in [3.8, 4) is 0 Å². The Balaban J connectivity index is 1.16. The molecule has 0 aromatic rings. The topological polar surface area (TPSA) is 250 Å². The van der Waals surface area contributed by atoms with Crippen molar-refractivity contribution in [2.24, 2.45) is 50.2 Å². The van der Waals surface area contributed by atoms with Gasteiger partial charge in [-0.2, -0.15) is 0 Å². The van der Waals surface area contributed by atoms with Crippen molar-refractivity contribution in [2.45, 2.75) is 180 Å². The maximum atomic E-state index is 14.6. The van der Waals surface area contributed by atoms with Crippen LogP contribution in [0.1, 0.15) is 113 Å². The van der Waals surface area contributed by atoms with Gasteiger partial charge in [-0.05, 0) is 109 Å². The standard InChI is InChI=1S/C42H64O15/c1-37(2)14-16-42(36(53)57-35-29(48)25(44)27(46)31(56-35)33(51)52)17-15-40(6)19(20(42)18-37)8-9-22-39(5)12-11-23(38(3,4)21(39)10-13-41(22,40)7)54-34-28(47)24(43)26(45)30(55-34)32(49)50/h8,20-31,34-35,43-48H,9-18H2,1-7H3,(H,49,50)(H,51,52)/t20-,21-,22+,23-,24-,25-,26-,27-,28+,29+,30-,31-,34?,35?,39-,40+,41+,42-/m0/s1. The van der Waals surface area contributed by atoms with Gasteiger partial charge in [-0.25, -0.2) is 9.59 Å². The van der Waals surface area contributed by atoms with E-state index in [0.29, 0.717) is 25.7 Å². The second kappa shape index (κ2) is 14.2. The zero-order valence-corrected chi connectivity index (χ0v) is 34.2. The van der Waals surface area contributed by atoms with Gasteiger partial charge in [0, 0.05) is 0 Å². The first-order valence-corrected chi connectivity index (χ1v) is 20.8. The maximum absolute atomic E-state index is 14.6. The summed E-state index contributed by atoms with van der Waals surface area (Å²) in [4.78, 5) is 38.2. The minimum absolute atomic E-state index is 0.0822. The highest BCUT2D eigenvalue weighted by molar-refractivity contribution is 5.79. The van der Waals surface area contributed by atoms with Crippen LogP contribution in [0.5, 0.6) is 0 Å². The normalized spacial score (nSPS) is 51.5. The van der Waals surface area contributed by atoms with E-state index in [-0.39, 0.29) is 39.4 Å². The van der Waals surface area contributed by atoms with E-state index in [1.54, 1.807) is 0 Å². The Labute approximate surface area is 333 Å². The fraction of sp³-hybridized carbons (Fsp3) is 0.881. The summed E-state index contributed by atoms with van der Waals surface area (Å²) in [6, 6.07) is 0. The largest absolute Gasteiger partial charge is 0.479 e. The molecule has 15 heteroatoms. The molecule has 0 bridgehead atoms. The molecular formula is C42H64O15. The average Bonchev–Trinajstić information content (AvgIpc) is 3.12. The van der Waals surface area contributed by atoms with Gasteiger partial charge in [0.1, 0.15) is 36.6 Å². The van der Waals surface area contributed by atoms with Crippen LogP contribution in [0.25, 0.3) is 0 Å². The molecule has 2 aliphatic heterocycles. The van der Waals surface area contributed by atoms with Crippen LogP contribution >= 0.6 is 0 Å². The van der Waals surface area contributed by atoms with E-state index in [9.17, 15) is 55.2 Å². The summed E-state index contributed by atoms with van der Waals surface area (Å²) in [5.41, 5.74) is -0.790. The molecule has 2 heterocycles. The van der Waals surface area contributed by atoms with Crippen molar-refractivity contribution in [1.29, 1.82) is 0 Å². The number of aliphatic carboxylic acids is 2. The number of esters is 1. The van der Waals surface area contributed by atoms with Crippen molar-refractivity contribution in [3.63, 3.8) is 0 Å². The van der Waals surface area contributed by atoms with Crippen LogP contribution in [0.4, 0.5) is 0 Å². The van der Waals surface area contributed by atoms with Gasteiger partial charge in [0.25, 0.3) is 0 Å². The second-order valence-electron chi connectivity index (χ2n) is 20.7. The Morgan fingerprint density at radius 2 is 1.23 bits per heavy atom. The predicted molar refractivity (Wildman–Crippen MR) is 199 cm³/mol. The highest BCUT2D eigenvalue weighted by atomic mass is 16.7. The Kier molecular flexibility index (Phi) is 10.7. The van der Waals surface area contributed by atoms with Gasteiger partial charge in [0.05, 0.1) is 11.5 Å². The number of allylic oxidation sites excluding steroid dienone is 2. The van der Waals surface area contributed by atoms with Gasteiger partial charge >= 0.3 is 17.9 Å². The van der Waals surface area contributed by atoms with Gasteiger partial charge < -0.3 is 59.8 Å². The molecule has 0 aromatic heterocycles. The quantitative estimate of drug-likeness (QED) is 0.109. The van der Waals surface area contributed by atoms with Crippen molar-refractivity contribution >= 4 is 17.9 Å². The summed E-state index contributed by atoms with van der Waals surface area (Å²) in [5, 5.41) is 82.1. The lowest BCUT2D eigenvalue weighted by molar-refractivity contribution is -0.324. The SMILES string of the molecule is CC1(C)CC[C@]2(C(=O)OC3O[C@H](C(=O)O)[C@@H](O)[C@H](O)[C@H]3O)CC[C@]3(C)C(=CC[C@@H]4[C@@]5(C)CC[C@H](OC6O[C@H](C(=O)O)[C@@H](O)[C@H](O)[C@H]6O)C(C)(C)[C@@H]5CC[C@]43C)[C@@H]2C1. The number of hydrogen-bond acceptors (Lipinski definition) is 13. The zero-order valence-electron chi connectivity index (χ0n) is 34.2. The average molecular weight is 809 g/mol. The maximum Gasteiger partial charge on any atom is 0.335 e. The van der Waals surface area contributed by atoms with Crippen LogP contribution in [0.2, 0.25) is 0 Å². The van der Waals surface area contributed by atoms with E-state index in [0.717, 1.165) is 38.5 Å². The number of carbonyl (C=O) groups excluding carboxylic acids is 1. The number of ether oxygens (including phenoxy) is 4. The molecule has 4 saturated carbocycles. The molecular weight excluding hydrogens is 744 g/mol. The van der Waals surface area contributed by atoms with Crippen LogP contribution in [0, 0.1) is 50.2 Å². The fourth-order valence-corrected chi connectivity index (χ4v) is 13.5. The zero-order chi connectivity index (χ0) is 42.0. The van der Waals surface area contributed by atoms with Crippen molar-refractivity contribution in [1.82, 2.24) is 0 Å². The molecule has 2 saturated heterocycles. The third kappa shape index (κ3) is 6.35. The van der Waals surface area contributed by atoms with E-state index in [2.05, 4.69) is 54.5 Å². The third-order valence-electron chi connectivity index (χ3n) is 17.1. The molecule has 0 spiro atoms. The number of aliphatic hydroxyl groups excluding tert-OH is 6. The van der Waals surface area contributed by atoms with Crippen molar-refractivity contribution < 1.29 is 74.2 Å². The number of fused-ring (bicyclic) bond motifs is 7. The Morgan fingerprint density at radius 1 is 0.667 bits per heavy atom. The summed E-state index contributed by atoms with van der Waals surface area (Å²) >= 11 is 0. The molecule has 0 radical (unpaired) electrons. The van der Waals surface area contributed by atoms with Gasteiger partial charge in [0.15, 0.2) is 18.5 Å². The van der Waals surface area contributed by atoms with E-state index in [4.69, 9.17) is 18.9 Å². The number of rotatable bonds is 6. The van der Waals surface area contributed by atoms with Gasteiger partial charge in [-0.3, -0.25) is 4.79 Å². The minimum Gasteiger partial charge on any atom is -0.479 e. The summed E-state index contributed by atoms with van der Waals surface area (Å²) in [6.07, 6.45) is -8.42. The summed E-state index contributed by atoms with van der Waals surface area (Å²) in [7, 11) is 0. The lowest BCUT2D eigenvalue weighted by Gasteiger charge is -2.71.